The van der Waals surface area contributed by atoms with E-state index in [0.717, 1.165) is 17.3 Å². The summed E-state index contributed by atoms with van der Waals surface area (Å²) in [6.45, 7) is 0. The summed E-state index contributed by atoms with van der Waals surface area (Å²) in [5.74, 6) is 0.903. The molecule has 2 N–H and O–H groups in total. The van der Waals surface area contributed by atoms with Crippen LogP contribution in [0.5, 0.6) is 11.5 Å². The van der Waals surface area contributed by atoms with Gasteiger partial charge in [0.25, 0.3) is 5.56 Å². The Hall–Kier alpha value is -3.33. The van der Waals surface area contributed by atoms with Gasteiger partial charge in [-0.1, -0.05) is 42.1 Å². The van der Waals surface area contributed by atoms with Gasteiger partial charge in [-0.25, -0.2) is 0 Å². The van der Waals surface area contributed by atoms with Crippen LogP contribution in [0.25, 0.3) is 0 Å². The van der Waals surface area contributed by atoms with Gasteiger partial charge in [0.1, 0.15) is 5.69 Å². The van der Waals surface area contributed by atoms with Crippen LogP contribution in [0.1, 0.15) is 11.3 Å². The maximum Gasteiger partial charge on any atom is 0.273 e. The quantitative estimate of drug-likeness (QED) is 0.548. The number of methoxy groups -OCH3 is 2. The van der Waals surface area contributed by atoms with Gasteiger partial charge in [-0.15, -0.1) is 10.2 Å². The third kappa shape index (κ3) is 5.58. The van der Waals surface area contributed by atoms with Crippen LogP contribution in [0.4, 0.5) is 5.69 Å². The first-order valence-electron chi connectivity index (χ1n) is 8.73. The number of rotatable bonds is 8. The molecule has 0 unspecified atom stereocenters. The lowest BCUT2D eigenvalue weighted by Crippen LogP contribution is -2.19. The van der Waals surface area contributed by atoms with Crippen LogP contribution in [0.3, 0.4) is 0 Å². The van der Waals surface area contributed by atoms with E-state index in [4.69, 9.17) is 9.47 Å². The minimum atomic E-state index is -0.313. The summed E-state index contributed by atoms with van der Waals surface area (Å²) in [6, 6.07) is 14.6. The number of benzene rings is 2. The summed E-state index contributed by atoms with van der Waals surface area (Å²) in [4.78, 5) is 27.1. The largest absolute Gasteiger partial charge is 0.493 e. The highest BCUT2D eigenvalue weighted by Crippen LogP contribution is 2.29. The number of ether oxygens (including phenoxy) is 2. The van der Waals surface area contributed by atoms with Gasteiger partial charge in [-0.2, -0.15) is 0 Å². The van der Waals surface area contributed by atoms with Crippen LogP contribution >= 0.6 is 11.8 Å². The van der Waals surface area contributed by atoms with Gasteiger partial charge >= 0.3 is 0 Å². The van der Waals surface area contributed by atoms with Crippen molar-refractivity contribution >= 4 is 23.4 Å². The van der Waals surface area contributed by atoms with E-state index in [9.17, 15) is 9.59 Å². The van der Waals surface area contributed by atoms with Crippen molar-refractivity contribution in [2.24, 2.45) is 0 Å². The van der Waals surface area contributed by atoms with Crippen molar-refractivity contribution in [3.8, 4) is 11.5 Å². The minimum Gasteiger partial charge on any atom is -0.493 e. The Kier molecular flexibility index (Phi) is 6.85. The fraction of sp³-hybridized carbons (Fsp3) is 0.200. The average molecular weight is 412 g/mol. The number of aromatic nitrogens is 3. The standard InChI is InChI=1S/C20H20N4O4S/c1-27-16-9-8-14(11-17(16)28-2)21-18(25)12-29-20-22-19(26)15(23-24-20)10-13-6-4-3-5-7-13/h3-9,11H,10,12H2,1-2H3,(H,21,25)(H,22,24,26). The van der Waals surface area contributed by atoms with Crippen LogP contribution in [0.2, 0.25) is 0 Å². The zero-order chi connectivity index (χ0) is 20.6. The second-order valence-corrected chi connectivity index (χ2v) is 6.94. The van der Waals surface area contributed by atoms with Crippen molar-refractivity contribution in [1.29, 1.82) is 0 Å². The van der Waals surface area contributed by atoms with Gasteiger partial charge in [-0.05, 0) is 17.7 Å². The summed E-state index contributed by atoms with van der Waals surface area (Å²) in [7, 11) is 3.06. The molecule has 29 heavy (non-hydrogen) atoms. The summed E-state index contributed by atoms with van der Waals surface area (Å²) >= 11 is 1.10. The second-order valence-electron chi connectivity index (χ2n) is 5.97. The summed E-state index contributed by atoms with van der Waals surface area (Å²) in [5.41, 5.74) is 1.56. The molecule has 0 atom stereocenters. The molecule has 1 amide bonds. The molecule has 0 fully saturated rings. The molecule has 0 aliphatic rings. The van der Waals surface area contributed by atoms with Crippen LogP contribution in [0.15, 0.2) is 58.5 Å². The van der Waals surface area contributed by atoms with Gasteiger partial charge < -0.3 is 14.8 Å². The van der Waals surface area contributed by atoms with E-state index in [1.165, 1.54) is 7.11 Å². The van der Waals surface area contributed by atoms with E-state index in [2.05, 4.69) is 20.5 Å². The monoisotopic (exact) mass is 412 g/mol. The second kappa shape index (κ2) is 9.74. The number of anilines is 1. The number of hydrogen-bond acceptors (Lipinski definition) is 7. The Morgan fingerprint density at radius 2 is 1.83 bits per heavy atom. The van der Waals surface area contributed by atoms with Gasteiger partial charge in [0, 0.05) is 18.2 Å². The molecule has 0 bridgehead atoms. The molecule has 2 aromatic carbocycles. The molecule has 3 rings (SSSR count). The summed E-state index contributed by atoms with van der Waals surface area (Å²) in [6.07, 6.45) is 0.397. The molecular formula is C20H20N4O4S. The Balaban J connectivity index is 1.57. The average Bonchev–Trinajstić information content (AvgIpc) is 2.74. The zero-order valence-corrected chi connectivity index (χ0v) is 16.8. The smallest absolute Gasteiger partial charge is 0.273 e. The Labute approximate surface area is 171 Å². The fourth-order valence-corrected chi connectivity index (χ4v) is 3.16. The molecule has 0 radical (unpaired) electrons. The number of hydrogen-bond donors (Lipinski definition) is 2. The fourth-order valence-electron chi connectivity index (χ4n) is 2.56. The molecule has 150 valence electrons. The number of nitrogens with one attached hydrogen (secondary N) is 2. The van der Waals surface area contributed by atoms with Crippen LogP contribution in [0, 0.1) is 0 Å². The van der Waals surface area contributed by atoms with Crippen molar-refractivity contribution in [1.82, 2.24) is 15.2 Å². The Morgan fingerprint density at radius 1 is 1.07 bits per heavy atom. The molecule has 8 nitrogen and oxygen atoms in total. The number of thioether (sulfide) groups is 1. The van der Waals surface area contributed by atoms with Crippen molar-refractivity contribution in [2.45, 2.75) is 11.6 Å². The first-order chi connectivity index (χ1) is 14.1. The predicted molar refractivity (Wildman–Crippen MR) is 111 cm³/mol. The molecular weight excluding hydrogens is 392 g/mol. The molecule has 0 saturated heterocycles. The normalized spacial score (nSPS) is 10.4. The molecule has 1 heterocycles. The highest BCUT2D eigenvalue weighted by Gasteiger charge is 2.10. The minimum absolute atomic E-state index is 0.0665. The first-order valence-corrected chi connectivity index (χ1v) is 9.72. The third-order valence-electron chi connectivity index (χ3n) is 3.97. The van der Waals surface area contributed by atoms with Crippen LogP contribution in [-0.4, -0.2) is 41.1 Å². The van der Waals surface area contributed by atoms with Crippen LogP contribution in [-0.2, 0) is 11.2 Å². The van der Waals surface area contributed by atoms with Crippen molar-refractivity contribution < 1.29 is 14.3 Å². The number of carbonyl (C=O) groups is 1. The van der Waals surface area contributed by atoms with E-state index < -0.39 is 0 Å². The Morgan fingerprint density at radius 3 is 2.52 bits per heavy atom. The van der Waals surface area contributed by atoms with Crippen LogP contribution < -0.4 is 20.3 Å². The SMILES string of the molecule is COc1ccc(NC(=O)CSc2nnc(Cc3ccccc3)c(=O)[nH]2)cc1OC. The van der Waals surface area contributed by atoms with Gasteiger partial charge in [0.05, 0.1) is 20.0 Å². The summed E-state index contributed by atoms with van der Waals surface area (Å²) < 4.78 is 10.4. The highest BCUT2D eigenvalue weighted by molar-refractivity contribution is 7.99. The van der Waals surface area contributed by atoms with Crippen molar-refractivity contribution in [3.63, 3.8) is 0 Å². The Bertz CT molecular complexity index is 1040. The lowest BCUT2D eigenvalue weighted by Gasteiger charge is -2.10. The van der Waals surface area contributed by atoms with E-state index in [-0.39, 0.29) is 22.4 Å². The van der Waals surface area contributed by atoms with E-state index in [0.29, 0.717) is 29.3 Å². The lowest BCUT2D eigenvalue weighted by molar-refractivity contribution is -0.113. The summed E-state index contributed by atoms with van der Waals surface area (Å²) in [5, 5.41) is 11.1. The van der Waals surface area contributed by atoms with Gasteiger partial charge in [-0.3, -0.25) is 14.6 Å². The molecule has 0 aliphatic heterocycles. The van der Waals surface area contributed by atoms with E-state index in [1.54, 1.807) is 25.3 Å². The van der Waals surface area contributed by atoms with Gasteiger partial charge in [0.15, 0.2) is 16.7 Å². The third-order valence-corrected chi connectivity index (χ3v) is 4.83. The molecule has 9 heteroatoms. The number of nitrogens with zero attached hydrogens (tertiary/aromatic N) is 2. The lowest BCUT2D eigenvalue weighted by atomic mass is 10.1. The van der Waals surface area contributed by atoms with E-state index in [1.807, 2.05) is 30.3 Å². The molecule has 3 aromatic rings. The number of H-pyrrole nitrogens is 1. The number of carbonyl (C=O) groups excluding carboxylic acids is 1. The first kappa shape index (κ1) is 20.4. The highest BCUT2D eigenvalue weighted by atomic mass is 32.2. The van der Waals surface area contributed by atoms with Gasteiger partial charge in [0.2, 0.25) is 5.91 Å². The molecule has 0 spiro atoms. The molecule has 0 saturated carbocycles. The maximum absolute atomic E-state index is 12.2. The topological polar surface area (TPSA) is 106 Å². The number of amides is 1. The van der Waals surface area contributed by atoms with E-state index >= 15 is 0 Å². The maximum atomic E-state index is 12.2. The van der Waals surface area contributed by atoms with Crippen molar-refractivity contribution in [2.75, 3.05) is 25.3 Å². The molecule has 1 aromatic heterocycles. The zero-order valence-electron chi connectivity index (χ0n) is 16.0. The predicted octanol–water partition coefficient (Wildman–Crippen LogP) is 2.50. The molecule has 0 aliphatic carbocycles. The van der Waals surface area contributed by atoms with Crippen molar-refractivity contribution in [3.05, 3.63) is 70.1 Å². The number of aromatic amines is 1.